The van der Waals surface area contributed by atoms with Gasteiger partial charge in [-0.25, -0.2) is 9.37 Å². The number of allylic oxidation sites excluding steroid dienone is 2. The van der Waals surface area contributed by atoms with E-state index in [4.69, 9.17) is 34.8 Å². The molecule has 45 heavy (non-hydrogen) atoms. The van der Waals surface area contributed by atoms with Crippen LogP contribution < -0.4 is 5.01 Å². The van der Waals surface area contributed by atoms with Crippen molar-refractivity contribution in [3.8, 4) is 5.75 Å². The molecule has 0 unspecified atom stereocenters. The lowest BCUT2D eigenvalue weighted by Gasteiger charge is -2.50. The Balaban J connectivity index is 1.46. The summed E-state index contributed by atoms with van der Waals surface area (Å²) >= 11 is 23.4. The lowest BCUT2D eigenvalue weighted by atomic mass is 9.56. The van der Waals surface area contributed by atoms with E-state index in [1.54, 1.807) is 6.08 Å². The highest BCUT2D eigenvalue weighted by Gasteiger charge is 2.76. The molecule has 1 aromatic heterocycles. The van der Waals surface area contributed by atoms with Crippen LogP contribution in [0.2, 0.25) is 5.02 Å². The van der Waals surface area contributed by atoms with Gasteiger partial charge in [0.25, 0.3) is 23.6 Å². The van der Waals surface area contributed by atoms with Crippen LogP contribution in [0.25, 0.3) is 0 Å². The maximum atomic E-state index is 14.7. The Labute approximate surface area is 275 Å². The van der Waals surface area contributed by atoms with Crippen molar-refractivity contribution in [1.29, 1.82) is 0 Å². The molecule has 2 aliphatic heterocycles. The third-order valence-electron chi connectivity index (χ3n) is 9.02. The summed E-state index contributed by atoms with van der Waals surface area (Å²) in [4.78, 5) is 55.2. The van der Waals surface area contributed by atoms with E-state index in [1.807, 2.05) is 0 Å². The zero-order valence-electron chi connectivity index (χ0n) is 22.8. The van der Waals surface area contributed by atoms with E-state index in [1.165, 1.54) is 13.1 Å². The summed E-state index contributed by atoms with van der Waals surface area (Å²) in [6, 6.07) is 4.92. The number of hydrazine groups is 1. The van der Waals surface area contributed by atoms with Crippen molar-refractivity contribution in [2.45, 2.75) is 34.7 Å². The van der Waals surface area contributed by atoms with Gasteiger partial charge in [0.2, 0.25) is 0 Å². The number of aromatic hydroxyl groups is 1. The first-order valence-electron chi connectivity index (χ1n) is 13.3. The first-order valence-corrected chi connectivity index (χ1v) is 15.6. The predicted octanol–water partition coefficient (Wildman–Crippen LogP) is 5.36. The first-order chi connectivity index (χ1) is 21.0. The Bertz CT molecular complexity index is 1730. The number of phenols is 1. The molecule has 17 heteroatoms. The summed E-state index contributed by atoms with van der Waals surface area (Å²) < 4.78 is 55.0. The number of carbonyl (C=O) groups is 4. The van der Waals surface area contributed by atoms with E-state index < -0.39 is 86.3 Å². The Morgan fingerprint density at radius 2 is 1.78 bits per heavy atom. The van der Waals surface area contributed by atoms with Crippen molar-refractivity contribution >= 4 is 80.2 Å². The molecular formula is C28H20BrCl3F4N4O5. The van der Waals surface area contributed by atoms with Crippen LogP contribution in [0.4, 0.5) is 23.4 Å². The minimum absolute atomic E-state index is 0.0568. The number of hydrogen-bond donors (Lipinski definition) is 1. The van der Waals surface area contributed by atoms with Crippen LogP contribution in [0.15, 0.2) is 42.0 Å². The van der Waals surface area contributed by atoms with E-state index in [9.17, 15) is 41.8 Å². The number of amides is 4. The molecule has 2 aromatic rings. The van der Waals surface area contributed by atoms with Crippen LogP contribution in [0.1, 0.15) is 30.0 Å². The molecule has 0 spiro atoms. The van der Waals surface area contributed by atoms with Crippen molar-refractivity contribution in [1.82, 2.24) is 14.9 Å². The number of aromatic nitrogens is 1. The maximum Gasteiger partial charge on any atom is 0.433 e. The Kier molecular flexibility index (Phi) is 7.50. The zero-order chi connectivity index (χ0) is 33.0. The lowest BCUT2D eigenvalue weighted by molar-refractivity contribution is -0.142. The van der Waals surface area contributed by atoms with E-state index in [0.29, 0.717) is 16.6 Å². The number of benzene rings is 1. The van der Waals surface area contributed by atoms with Crippen LogP contribution in [-0.2, 0) is 25.4 Å². The number of imide groups is 2. The number of anilines is 1. The molecular weight excluding hydrogens is 735 g/mol. The highest BCUT2D eigenvalue weighted by atomic mass is 79.9. The van der Waals surface area contributed by atoms with Gasteiger partial charge in [0.1, 0.15) is 5.69 Å². The summed E-state index contributed by atoms with van der Waals surface area (Å²) in [7, 11) is 1.17. The molecule has 3 fully saturated rings. The van der Waals surface area contributed by atoms with Crippen molar-refractivity contribution in [2.24, 2.45) is 17.8 Å². The number of likely N-dealkylation sites (tertiary alicyclic amines) is 1. The van der Waals surface area contributed by atoms with Gasteiger partial charge in [0.15, 0.2) is 27.1 Å². The zero-order valence-corrected chi connectivity index (χ0v) is 26.6. The van der Waals surface area contributed by atoms with Gasteiger partial charge in [-0.2, -0.15) is 18.2 Å². The van der Waals surface area contributed by atoms with Gasteiger partial charge in [-0.15, -0.1) is 23.2 Å². The third kappa shape index (κ3) is 4.35. The fourth-order valence-electron chi connectivity index (χ4n) is 7.02. The number of rotatable bonds is 4. The van der Waals surface area contributed by atoms with E-state index in [0.717, 1.165) is 28.1 Å². The second kappa shape index (κ2) is 10.5. The highest BCUT2D eigenvalue weighted by molar-refractivity contribution is 9.09. The van der Waals surface area contributed by atoms with Crippen LogP contribution in [0.5, 0.6) is 5.75 Å². The summed E-state index contributed by atoms with van der Waals surface area (Å²) in [6.07, 6.45) is -3.66. The third-order valence-corrected chi connectivity index (χ3v) is 11.2. The molecule has 0 bridgehead atoms. The average molecular weight is 755 g/mol. The van der Waals surface area contributed by atoms with E-state index in [2.05, 4.69) is 20.9 Å². The normalized spacial score (nSPS) is 31.2. The molecule has 1 N–H and O–H groups in total. The fraction of sp³-hybridized carbons (Fsp3) is 0.393. The number of carbonyl (C=O) groups excluding carboxylic acids is 4. The van der Waals surface area contributed by atoms with Gasteiger partial charge < -0.3 is 5.11 Å². The molecule has 238 valence electrons. The number of pyridine rings is 1. The fourth-order valence-corrected chi connectivity index (χ4v) is 8.67. The molecule has 4 amide bonds. The maximum absolute atomic E-state index is 14.7. The van der Waals surface area contributed by atoms with Gasteiger partial charge in [0, 0.05) is 13.0 Å². The molecule has 1 saturated carbocycles. The second-order valence-electron chi connectivity index (χ2n) is 11.2. The SMILES string of the molecule is CN(c1nc(C(F)(F)F)ccc1Cl)N1C(=O)[C@H]2[C@H](CC=C3[C@H]2C[C@@]2(Cl)C(=O)N(CBr)C(=O)[C@@]2(Cl)[C@H]3c2ccc(O)c(F)c2)C1=O. The monoisotopic (exact) mass is 752 g/mol. The highest BCUT2D eigenvalue weighted by Crippen LogP contribution is 2.65. The van der Waals surface area contributed by atoms with Crippen LogP contribution in [0.3, 0.4) is 0 Å². The van der Waals surface area contributed by atoms with Crippen molar-refractivity contribution in [3.63, 3.8) is 0 Å². The number of alkyl halides is 6. The Morgan fingerprint density at radius 1 is 1.09 bits per heavy atom. The molecule has 9 nitrogen and oxygen atoms in total. The van der Waals surface area contributed by atoms with Gasteiger partial charge >= 0.3 is 6.18 Å². The molecule has 2 aliphatic carbocycles. The van der Waals surface area contributed by atoms with Crippen molar-refractivity contribution in [2.75, 3.05) is 17.5 Å². The van der Waals surface area contributed by atoms with Gasteiger partial charge in [-0.05, 0) is 48.6 Å². The summed E-state index contributed by atoms with van der Waals surface area (Å²) in [5.74, 6) is -10.0. The van der Waals surface area contributed by atoms with Gasteiger partial charge in [-0.3, -0.25) is 29.1 Å². The molecule has 1 aromatic carbocycles. The van der Waals surface area contributed by atoms with Crippen molar-refractivity contribution in [3.05, 3.63) is 64.1 Å². The van der Waals surface area contributed by atoms with Crippen LogP contribution >= 0.6 is 50.7 Å². The quantitative estimate of drug-likeness (QED) is 0.147. The molecule has 0 radical (unpaired) electrons. The topological polar surface area (TPSA) is 111 Å². The molecule has 2 saturated heterocycles. The number of fused-ring (bicyclic) bond motifs is 4. The summed E-state index contributed by atoms with van der Waals surface area (Å²) in [6.45, 7) is 0. The number of nitrogens with zero attached hydrogens (tertiary/aromatic N) is 4. The minimum Gasteiger partial charge on any atom is -0.505 e. The largest absolute Gasteiger partial charge is 0.505 e. The van der Waals surface area contributed by atoms with Gasteiger partial charge in [-0.1, -0.05) is 45.2 Å². The molecule has 4 aliphatic rings. The standard InChI is InChI=1S/C28H20BrCl3F4N4O5/c1-38(21-15(30)5-7-18(37-21)28(34,35)36)40-22(42)13-4-3-12-14(19(13)23(40)43)9-26(31)24(44)39(10-29)25(45)27(26,32)20(12)11-2-6-17(41)16(33)8-11/h2-3,5-8,13-14,19-20,41H,4,9-10H2,1H3/t13-,14+,19-,20-,26+,27-/m0/s1. The van der Waals surface area contributed by atoms with Crippen LogP contribution in [-0.4, -0.2) is 65.9 Å². The first kappa shape index (κ1) is 32.0. The van der Waals surface area contributed by atoms with E-state index in [-0.39, 0.29) is 28.9 Å². The summed E-state index contributed by atoms with van der Waals surface area (Å²) in [5, 5.41) is 11.1. The van der Waals surface area contributed by atoms with Gasteiger partial charge in [0.05, 0.1) is 22.3 Å². The Hall–Kier alpha value is -2.94. The average Bonchev–Trinajstić information content (AvgIpc) is 3.31. The second-order valence-corrected chi connectivity index (χ2v) is 13.4. The lowest BCUT2D eigenvalue weighted by Crippen LogP contribution is -2.60. The van der Waals surface area contributed by atoms with Crippen LogP contribution in [0, 0.1) is 23.6 Å². The Morgan fingerprint density at radius 3 is 2.40 bits per heavy atom. The van der Waals surface area contributed by atoms with E-state index >= 15 is 0 Å². The summed E-state index contributed by atoms with van der Waals surface area (Å²) in [5.41, 5.74) is -1.12. The molecule has 3 heterocycles. The predicted molar refractivity (Wildman–Crippen MR) is 156 cm³/mol. The molecule has 6 atom stereocenters. The number of hydrogen-bond acceptors (Lipinski definition) is 7. The van der Waals surface area contributed by atoms with Crippen molar-refractivity contribution < 1.29 is 41.8 Å². The minimum atomic E-state index is -4.84. The smallest absolute Gasteiger partial charge is 0.433 e. The molecule has 6 rings (SSSR count). The number of phenolic OH excluding ortho intramolecular Hbond substituents is 1. The number of halogens is 8.